The Morgan fingerprint density at radius 2 is 1.90 bits per heavy atom. The minimum atomic E-state index is -0.724. The van der Waals surface area contributed by atoms with Gasteiger partial charge in [-0.2, -0.15) is 0 Å². The maximum absolute atomic E-state index is 10.7. The van der Waals surface area contributed by atoms with Gasteiger partial charge in [-0.25, -0.2) is 0 Å². The first-order valence-electron chi connectivity index (χ1n) is 7.55. The number of benzene rings is 2. The van der Waals surface area contributed by atoms with Crippen molar-refractivity contribution >= 4 is 0 Å². The van der Waals surface area contributed by atoms with Crippen LogP contribution in [0.5, 0.6) is 0 Å². The summed E-state index contributed by atoms with van der Waals surface area (Å²) >= 11 is 0. The van der Waals surface area contributed by atoms with Gasteiger partial charge in [-0.05, 0) is 44.0 Å². The van der Waals surface area contributed by atoms with Crippen LogP contribution in [0.3, 0.4) is 0 Å². The normalized spacial score (nSPS) is 24.3. The fourth-order valence-electron chi connectivity index (χ4n) is 3.42. The number of nitrogens with zero attached hydrogens (tertiary/aromatic N) is 1. The molecular weight excluding hydrogens is 258 g/mol. The number of aryl methyl sites for hydroxylation is 1. The summed E-state index contributed by atoms with van der Waals surface area (Å²) in [5, 5.41) is 10.7. The van der Waals surface area contributed by atoms with E-state index in [1.807, 2.05) is 13.0 Å². The second-order valence-corrected chi connectivity index (χ2v) is 6.49. The van der Waals surface area contributed by atoms with Crippen LogP contribution >= 0.6 is 0 Å². The Balaban J connectivity index is 1.89. The van der Waals surface area contributed by atoms with Gasteiger partial charge in [0.25, 0.3) is 0 Å². The standard InChI is InChI=1S/C19H23NO/c1-14-9-10-17-16(11-14)18(12-19(17,2)21)20(3)13-15-7-5-4-6-8-15/h4-11,18,21H,12-13H2,1-3H3. The summed E-state index contributed by atoms with van der Waals surface area (Å²) in [4.78, 5) is 2.34. The predicted molar refractivity (Wildman–Crippen MR) is 86.0 cm³/mol. The molecule has 1 N–H and O–H groups in total. The largest absolute Gasteiger partial charge is 0.385 e. The Hall–Kier alpha value is -1.64. The van der Waals surface area contributed by atoms with Crippen LogP contribution < -0.4 is 0 Å². The highest BCUT2D eigenvalue weighted by atomic mass is 16.3. The van der Waals surface area contributed by atoms with Crippen LogP contribution in [-0.4, -0.2) is 17.1 Å². The lowest BCUT2D eigenvalue weighted by molar-refractivity contribution is 0.0365. The molecule has 110 valence electrons. The van der Waals surface area contributed by atoms with Crippen LogP contribution in [0, 0.1) is 6.92 Å². The topological polar surface area (TPSA) is 23.5 Å². The summed E-state index contributed by atoms with van der Waals surface area (Å²) in [5.41, 5.74) is 4.19. The molecule has 2 nitrogen and oxygen atoms in total. The van der Waals surface area contributed by atoms with E-state index in [1.165, 1.54) is 16.7 Å². The first-order valence-corrected chi connectivity index (χ1v) is 7.55. The summed E-state index contributed by atoms with van der Waals surface area (Å²) < 4.78 is 0. The Labute approximate surface area is 127 Å². The van der Waals surface area contributed by atoms with Crippen LogP contribution in [-0.2, 0) is 12.1 Å². The van der Waals surface area contributed by atoms with E-state index in [0.29, 0.717) is 0 Å². The average Bonchev–Trinajstić information content (AvgIpc) is 2.71. The zero-order valence-corrected chi connectivity index (χ0v) is 13.0. The van der Waals surface area contributed by atoms with E-state index < -0.39 is 5.60 Å². The lowest BCUT2D eigenvalue weighted by atomic mass is 9.98. The molecule has 0 aliphatic heterocycles. The molecule has 2 aromatic rings. The van der Waals surface area contributed by atoms with E-state index in [-0.39, 0.29) is 6.04 Å². The third-order valence-corrected chi connectivity index (χ3v) is 4.54. The van der Waals surface area contributed by atoms with Gasteiger partial charge in [0, 0.05) is 12.6 Å². The number of rotatable bonds is 3. The SMILES string of the molecule is Cc1ccc2c(c1)C(N(C)Cc1ccccc1)CC2(C)O. The molecule has 2 atom stereocenters. The molecule has 0 radical (unpaired) electrons. The molecule has 2 heteroatoms. The molecule has 2 unspecified atom stereocenters. The molecule has 0 spiro atoms. The monoisotopic (exact) mass is 281 g/mol. The van der Waals surface area contributed by atoms with Crippen molar-refractivity contribution in [2.75, 3.05) is 7.05 Å². The highest BCUT2D eigenvalue weighted by molar-refractivity contribution is 5.42. The molecule has 3 rings (SSSR count). The van der Waals surface area contributed by atoms with Crippen LogP contribution in [0.15, 0.2) is 48.5 Å². The maximum atomic E-state index is 10.7. The van der Waals surface area contributed by atoms with Gasteiger partial charge in [-0.3, -0.25) is 4.90 Å². The second kappa shape index (κ2) is 5.28. The van der Waals surface area contributed by atoms with Crippen molar-refractivity contribution < 1.29 is 5.11 Å². The Morgan fingerprint density at radius 1 is 1.19 bits per heavy atom. The average molecular weight is 281 g/mol. The quantitative estimate of drug-likeness (QED) is 0.925. The van der Waals surface area contributed by atoms with Crippen molar-refractivity contribution in [2.45, 2.75) is 38.5 Å². The van der Waals surface area contributed by atoms with E-state index in [1.54, 1.807) is 0 Å². The van der Waals surface area contributed by atoms with Gasteiger partial charge in [-0.15, -0.1) is 0 Å². The van der Waals surface area contributed by atoms with Crippen LogP contribution in [0.1, 0.15) is 41.6 Å². The fraction of sp³-hybridized carbons (Fsp3) is 0.368. The number of fused-ring (bicyclic) bond motifs is 1. The van der Waals surface area contributed by atoms with Crippen molar-refractivity contribution in [2.24, 2.45) is 0 Å². The first kappa shape index (κ1) is 14.3. The Morgan fingerprint density at radius 3 is 2.62 bits per heavy atom. The maximum Gasteiger partial charge on any atom is 0.0890 e. The fourth-order valence-corrected chi connectivity index (χ4v) is 3.42. The van der Waals surface area contributed by atoms with Gasteiger partial charge < -0.3 is 5.11 Å². The van der Waals surface area contributed by atoms with E-state index in [2.05, 4.69) is 61.3 Å². The van der Waals surface area contributed by atoms with Gasteiger partial charge in [0.1, 0.15) is 0 Å². The molecule has 0 saturated carbocycles. The minimum absolute atomic E-state index is 0.273. The van der Waals surface area contributed by atoms with Crippen molar-refractivity contribution in [1.29, 1.82) is 0 Å². The van der Waals surface area contributed by atoms with Gasteiger partial charge in [0.15, 0.2) is 0 Å². The minimum Gasteiger partial charge on any atom is -0.385 e. The zero-order chi connectivity index (χ0) is 15.0. The van der Waals surface area contributed by atoms with Crippen LogP contribution in [0.4, 0.5) is 0 Å². The molecule has 0 fully saturated rings. The van der Waals surface area contributed by atoms with Gasteiger partial charge >= 0.3 is 0 Å². The molecule has 0 aromatic heterocycles. The smallest absolute Gasteiger partial charge is 0.0890 e. The molecular formula is C19H23NO. The van der Waals surface area contributed by atoms with Crippen LogP contribution in [0.25, 0.3) is 0 Å². The summed E-state index contributed by atoms with van der Waals surface area (Å²) in [7, 11) is 2.14. The zero-order valence-electron chi connectivity index (χ0n) is 13.0. The highest BCUT2D eigenvalue weighted by Gasteiger charge is 2.40. The third-order valence-electron chi connectivity index (χ3n) is 4.54. The summed E-state index contributed by atoms with van der Waals surface area (Å²) in [6, 6.07) is 17.2. The van der Waals surface area contributed by atoms with E-state index in [9.17, 15) is 5.11 Å². The van der Waals surface area contributed by atoms with Crippen molar-refractivity contribution in [3.8, 4) is 0 Å². The van der Waals surface area contributed by atoms with Crippen molar-refractivity contribution in [1.82, 2.24) is 4.90 Å². The highest BCUT2D eigenvalue weighted by Crippen LogP contribution is 2.46. The Kier molecular flexibility index (Phi) is 3.60. The van der Waals surface area contributed by atoms with Crippen molar-refractivity contribution in [3.63, 3.8) is 0 Å². The van der Waals surface area contributed by atoms with Gasteiger partial charge in [0.2, 0.25) is 0 Å². The predicted octanol–water partition coefficient (Wildman–Crippen LogP) is 3.78. The number of hydrogen-bond acceptors (Lipinski definition) is 2. The van der Waals surface area contributed by atoms with Crippen LogP contribution in [0.2, 0.25) is 0 Å². The molecule has 1 aliphatic carbocycles. The number of hydrogen-bond donors (Lipinski definition) is 1. The van der Waals surface area contributed by atoms with Crippen molar-refractivity contribution in [3.05, 3.63) is 70.8 Å². The number of aliphatic hydroxyl groups is 1. The summed E-state index contributed by atoms with van der Waals surface area (Å²) in [5.74, 6) is 0. The Bertz CT molecular complexity index is 633. The second-order valence-electron chi connectivity index (χ2n) is 6.49. The van der Waals surface area contributed by atoms with E-state index in [4.69, 9.17) is 0 Å². The third kappa shape index (κ3) is 2.74. The summed E-state index contributed by atoms with van der Waals surface area (Å²) in [6.07, 6.45) is 0.759. The van der Waals surface area contributed by atoms with Gasteiger partial charge in [-0.1, -0.05) is 54.1 Å². The molecule has 21 heavy (non-hydrogen) atoms. The molecule has 0 bridgehead atoms. The summed E-state index contributed by atoms with van der Waals surface area (Å²) in [6.45, 7) is 4.94. The molecule has 2 aromatic carbocycles. The first-order chi connectivity index (χ1) is 9.97. The molecule has 0 saturated heterocycles. The lowest BCUT2D eigenvalue weighted by Crippen LogP contribution is -2.25. The van der Waals surface area contributed by atoms with E-state index >= 15 is 0 Å². The lowest BCUT2D eigenvalue weighted by Gasteiger charge is -2.26. The van der Waals surface area contributed by atoms with E-state index in [0.717, 1.165) is 18.5 Å². The molecule has 1 aliphatic rings. The van der Waals surface area contributed by atoms with Gasteiger partial charge in [0.05, 0.1) is 5.60 Å². The molecule has 0 heterocycles. The molecule has 0 amide bonds.